The molecule has 144 valence electrons. The van der Waals surface area contributed by atoms with Gasteiger partial charge in [-0.05, 0) is 43.7 Å². The predicted octanol–water partition coefficient (Wildman–Crippen LogP) is 4.28. The van der Waals surface area contributed by atoms with Gasteiger partial charge in [0, 0.05) is 22.3 Å². The number of aromatic nitrogens is 2. The number of anilines is 1. The first-order valence-corrected chi connectivity index (χ1v) is 9.80. The quantitative estimate of drug-likeness (QED) is 0.607. The highest BCUT2D eigenvalue weighted by Crippen LogP contribution is 2.22. The van der Waals surface area contributed by atoms with Crippen molar-refractivity contribution in [3.8, 4) is 10.7 Å². The van der Waals surface area contributed by atoms with Crippen molar-refractivity contribution >= 4 is 40.5 Å². The first-order chi connectivity index (χ1) is 13.4. The normalized spacial score (nSPS) is 11.7. The fourth-order valence-corrected chi connectivity index (χ4v) is 3.37. The summed E-state index contributed by atoms with van der Waals surface area (Å²) in [5, 5.41) is 5.75. The Balaban J connectivity index is 1.56. The summed E-state index contributed by atoms with van der Waals surface area (Å²) in [6.07, 6.45) is 0.726. The van der Waals surface area contributed by atoms with Gasteiger partial charge in [-0.3, -0.25) is 14.6 Å². The molecular formula is C20H18ClN3O3S. The number of rotatable bonds is 6. The van der Waals surface area contributed by atoms with E-state index in [9.17, 15) is 9.59 Å². The fourth-order valence-electron chi connectivity index (χ4n) is 2.40. The lowest BCUT2D eigenvalue weighted by Crippen LogP contribution is -2.30. The molecule has 1 unspecified atom stereocenters. The van der Waals surface area contributed by atoms with Gasteiger partial charge in [-0.2, -0.15) is 0 Å². The molecule has 8 heteroatoms. The van der Waals surface area contributed by atoms with Crippen molar-refractivity contribution in [1.29, 1.82) is 0 Å². The second-order valence-corrected chi connectivity index (χ2v) is 7.41. The Bertz CT molecular complexity index is 991. The third-order valence-corrected chi connectivity index (χ3v) is 5.04. The van der Waals surface area contributed by atoms with Gasteiger partial charge in [-0.15, -0.1) is 11.3 Å². The third kappa shape index (κ3) is 5.15. The smallest absolute Gasteiger partial charge is 0.312 e. The van der Waals surface area contributed by atoms with Gasteiger partial charge in [0.05, 0.1) is 17.8 Å². The second kappa shape index (κ2) is 8.95. The zero-order chi connectivity index (χ0) is 20.1. The molecule has 1 atom stereocenters. The maximum atomic E-state index is 12.3. The van der Waals surface area contributed by atoms with E-state index in [1.807, 2.05) is 25.1 Å². The van der Waals surface area contributed by atoms with E-state index in [4.69, 9.17) is 16.3 Å². The van der Waals surface area contributed by atoms with Gasteiger partial charge in [0.1, 0.15) is 5.01 Å². The maximum absolute atomic E-state index is 12.3. The van der Waals surface area contributed by atoms with Gasteiger partial charge in [-0.1, -0.05) is 23.7 Å². The van der Waals surface area contributed by atoms with Crippen LogP contribution in [0.5, 0.6) is 0 Å². The summed E-state index contributed by atoms with van der Waals surface area (Å²) in [4.78, 5) is 33.1. The van der Waals surface area contributed by atoms with Gasteiger partial charge in [0.2, 0.25) is 0 Å². The van der Waals surface area contributed by atoms with E-state index in [-0.39, 0.29) is 6.42 Å². The van der Waals surface area contributed by atoms with Gasteiger partial charge in [0.25, 0.3) is 5.91 Å². The molecule has 0 aliphatic heterocycles. The van der Waals surface area contributed by atoms with Gasteiger partial charge in [-0.25, -0.2) is 4.98 Å². The largest absolute Gasteiger partial charge is 0.452 e. The molecule has 3 aromatic rings. The molecule has 2 aromatic heterocycles. The highest BCUT2D eigenvalue weighted by Gasteiger charge is 2.20. The minimum atomic E-state index is -0.945. The Morgan fingerprint density at radius 1 is 1.29 bits per heavy atom. The van der Waals surface area contributed by atoms with Gasteiger partial charge >= 0.3 is 5.97 Å². The van der Waals surface area contributed by atoms with Crippen molar-refractivity contribution < 1.29 is 14.3 Å². The molecule has 1 amide bonds. The van der Waals surface area contributed by atoms with Crippen LogP contribution in [0.2, 0.25) is 5.02 Å². The summed E-state index contributed by atoms with van der Waals surface area (Å²) in [5.41, 5.74) is 2.77. The number of hydrogen-bond donors (Lipinski definition) is 1. The number of esters is 1. The average Bonchev–Trinajstić information content (AvgIpc) is 3.13. The zero-order valence-corrected chi connectivity index (χ0v) is 16.9. The number of halogens is 1. The van der Waals surface area contributed by atoms with E-state index in [1.54, 1.807) is 29.8 Å². The minimum absolute atomic E-state index is 0.0167. The molecule has 2 heterocycles. The van der Waals surface area contributed by atoms with E-state index in [0.29, 0.717) is 16.4 Å². The molecule has 28 heavy (non-hydrogen) atoms. The molecule has 0 radical (unpaired) electrons. The highest BCUT2D eigenvalue weighted by molar-refractivity contribution is 7.13. The number of nitrogens with one attached hydrogen (secondary N) is 1. The van der Waals surface area contributed by atoms with Crippen molar-refractivity contribution in [3.05, 3.63) is 64.3 Å². The van der Waals surface area contributed by atoms with Crippen LogP contribution in [-0.4, -0.2) is 27.9 Å². The number of nitrogens with zero attached hydrogens (tertiary/aromatic N) is 2. The number of aryl methyl sites for hydroxylation is 1. The second-order valence-electron chi connectivity index (χ2n) is 6.12. The number of carbonyl (C=O) groups excluding carboxylic acids is 2. The van der Waals surface area contributed by atoms with E-state index in [1.165, 1.54) is 18.3 Å². The Morgan fingerprint density at radius 2 is 2.11 bits per heavy atom. The monoisotopic (exact) mass is 415 g/mol. The highest BCUT2D eigenvalue weighted by atomic mass is 35.5. The SMILES string of the molecule is Cc1ccc(Cl)cc1NC(=O)C(C)OC(=O)Cc1csc(-c2ccccn2)n1. The number of thiazole rings is 1. The summed E-state index contributed by atoms with van der Waals surface area (Å²) in [6.45, 7) is 3.37. The van der Waals surface area contributed by atoms with Crippen molar-refractivity contribution in [2.45, 2.75) is 26.4 Å². The molecular weight excluding hydrogens is 398 g/mol. The molecule has 0 spiro atoms. The Morgan fingerprint density at radius 3 is 2.86 bits per heavy atom. The summed E-state index contributed by atoms with van der Waals surface area (Å²) >= 11 is 7.35. The van der Waals surface area contributed by atoms with Crippen LogP contribution < -0.4 is 5.32 Å². The third-order valence-electron chi connectivity index (χ3n) is 3.90. The van der Waals surface area contributed by atoms with E-state index in [2.05, 4.69) is 15.3 Å². The Labute approximate surface area is 171 Å². The first-order valence-electron chi connectivity index (χ1n) is 8.54. The van der Waals surface area contributed by atoms with Crippen molar-refractivity contribution in [1.82, 2.24) is 9.97 Å². The number of hydrogen-bond acceptors (Lipinski definition) is 6. The van der Waals surface area contributed by atoms with E-state index in [0.717, 1.165) is 16.3 Å². The lowest BCUT2D eigenvalue weighted by atomic mass is 10.2. The molecule has 0 saturated heterocycles. The van der Waals surface area contributed by atoms with E-state index < -0.39 is 18.0 Å². The number of amides is 1. The van der Waals surface area contributed by atoms with Crippen LogP contribution in [0.1, 0.15) is 18.2 Å². The molecule has 3 rings (SSSR count). The standard InChI is InChI=1S/C20H18ClN3O3S/c1-12-6-7-14(21)9-17(12)24-19(26)13(2)27-18(25)10-15-11-28-20(23-15)16-5-3-4-8-22-16/h3-9,11,13H,10H2,1-2H3,(H,24,26). The van der Waals surface area contributed by atoms with Crippen LogP contribution in [0.4, 0.5) is 5.69 Å². The number of ether oxygens (including phenoxy) is 1. The molecule has 0 fully saturated rings. The van der Waals surface area contributed by atoms with Crippen LogP contribution in [0, 0.1) is 6.92 Å². The van der Waals surface area contributed by atoms with Crippen LogP contribution >= 0.6 is 22.9 Å². The van der Waals surface area contributed by atoms with E-state index >= 15 is 0 Å². The number of carbonyl (C=O) groups is 2. The topological polar surface area (TPSA) is 81.2 Å². The summed E-state index contributed by atoms with van der Waals surface area (Å²) in [6, 6.07) is 10.7. The molecule has 1 aromatic carbocycles. The van der Waals surface area contributed by atoms with Crippen molar-refractivity contribution in [3.63, 3.8) is 0 Å². The van der Waals surface area contributed by atoms with Crippen LogP contribution in [0.15, 0.2) is 48.0 Å². The van der Waals surface area contributed by atoms with Gasteiger partial charge < -0.3 is 10.1 Å². The number of benzene rings is 1. The van der Waals surface area contributed by atoms with Crippen LogP contribution in [0.3, 0.4) is 0 Å². The molecule has 1 N–H and O–H groups in total. The van der Waals surface area contributed by atoms with Gasteiger partial charge in [0.15, 0.2) is 6.10 Å². The molecule has 0 bridgehead atoms. The van der Waals surface area contributed by atoms with Crippen molar-refractivity contribution in [2.24, 2.45) is 0 Å². The fraction of sp³-hybridized carbons (Fsp3) is 0.200. The lowest BCUT2D eigenvalue weighted by molar-refractivity contribution is -0.152. The lowest BCUT2D eigenvalue weighted by Gasteiger charge is -2.14. The minimum Gasteiger partial charge on any atom is -0.452 e. The predicted molar refractivity (Wildman–Crippen MR) is 109 cm³/mol. The summed E-state index contributed by atoms with van der Waals surface area (Å²) in [5.74, 6) is -0.950. The summed E-state index contributed by atoms with van der Waals surface area (Å²) < 4.78 is 5.24. The Kier molecular flexibility index (Phi) is 6.38. The zero-order valence-electron chi connectivity index (χ0n) is 15.3. The summed E-state index contributed by atoms with van der Waals surface area (Å²) in [7, 11) is 0. The van der Waals surface area contributed by atoms with Crippen molar-refractivity contribution in [2.75, 3.05) is 5.32 Å². The molecule has 0 saturated carbocycles. The average molecular weight is 416 g/mol. The molecule has 0 aliphatic rings. The van der Waals surface area contributed by atoms with Crippen LogP contribution in [-0.2, 0) is 20.7 Å². The van der Waals surface area contributed by atoms with Crippen LogP contribution in [0.25, 0.3) is 10.7 Å². The first kappa shape index (κ1) is 20.0. The molecule has 0 aliphatic carbocycles. The Hall–Kier alpha value is -2.77. The molecule has 6 nitrogen and oxygen atoms in total. The maximum Gasteiger partial charge on any atom is 0.312 e. The number of pyridine rings is 1.